The molecule has 1 aromatic heterocycles. The molecular formula is C15H16F3N3O2S. The molecule has 1 heterocycles. The Bertz CT molecular complexity index is 781. The third-order valence-electron chi connectivity index (χ3n) is 2.94. The van der Waals surface area contributed by atoms with E-state index in [-0.39, 0.29) is 17.1 Å². The largest absolute Gasteiger partial charge is 0.448 e. The molecule has 0 fully saturated rings. The van der Waals surface area contributed by atoms with E-state index in [1.54, 1.807) is 0 Å². The van der Waals surface area contributed by atoms with Crippen LogP contribution in [-0.2, 0) is 17.3 Å². The Hall–Kier alpha value is -2.16. The van der Waals surface area contributed by atoms with Crippen molar-refractivity contribution in [2.75, 3.05) is 6.61 Å². The molecule has 2 aromatic rings. The quantitative estimate of drug-likeness (QED) is 0.830. The Balaban J connectivity index is 2.49. The van der Waals surface area contributed by atoms with Gasteiger partial charge in [-0.25, -0.2) is 9.48 Å². The van der Waals surface area contributed by atoms with Crippen LogP contribution < -0.4 is 4.80 Å². The smallest absolute Gasteiger partial charge is 0.436 e. The van der Waals surface area contributed by atoms with Crippen molar-refractivity contribution in [3.05, 3.63) is 39.6 Å². The average molecular weight is 359 g/mol. The van der Waals surface area contributed by atoms with Gasteiger partial charge in [-0.2, -0.15) is 18.3 Å². The average Bonchev–Trinajstić information content (AvgIpc) is 2.95. The Kier molecular flexibility index (Phi) is 5.76. The van der Waals surface area contributed by atoms with Crippen LogP contribution in [-0.4, -0.2) is 22.5 Å². The zero-order valence-electron chi connectivity index (χ0n) is 13.1. The Morgan fingerprint density at radius 2 is 2.12 bits per heavy atom. The molecule has 0 saturated heterocycles. The number of ether oxygens (including phenoxy) is 1. The van der Waals surface area contributed by atoms with Crippen molar-refractivity contribution >= 4 is 17.4 Å². The summed E-state index contributed by atoms with van der Waals surface area (Å²) < 4.78 is 44.8. The molecule has 0 aliphatic carbocycles. The lowest BCUT2D eigenvalue weighted by atomic mass is 10.2. The van der Waals surface area contributed by atoms with Gasteiger partial charge in [0.1, 0.15) is 5.01 Å². The lowest BCUT2D eigenvalue weighted by Gasteiger charge is -2.08. The van der Waals surface area contributed by atoms with E-state index in [2.05, 4.69) is 10.1 Å². The summed E-state index contributed by atoms with van der Waals surface area (Å²) in [5.41, 5.74) is -0.610. The van der Waals surface area contributed by atoms with Crippen molar-refractivity contribution in [3.8, 4) is 5.69 Å². The van der Waals surface area contributed by atoms with Crippen molar-refractivity contribution in [3.63, 3.8) is 0 Å². The first kappa shape index (κ1) is 18.2. The molecule has 0 aliphatic heterocycles. The minimum Gasteiger partial charge on any atom is -0.448 e. The maximum Gasteiger partial charge on any atom is 0.436 e. The van der Waals surface area contributed by atoms with E-state index in [9.17, 15) is 18.0 Å². The van der Waals surface area contributed by atoms with Gasteiger partial charge < -0.3 is 4.74 Å². The molecule has 0 unspecified atom stereocenters. The number of hydrogen-bond acceptors (Lipinski definition) is 4. The SMILES string of the molecule is CCCOC(=O)N=c1sc(CC)nn1-c1cccc(C(F)(F)F)c1. The van der Waals surface area contributed by atoms with Crippen molar-refractivity contribution < 1.29 is 22.7 Å². The van der Waals surface area contributed by atoms with Crippen LogP contribution in [0.2, 0.25) is 0 Å². The number of rotatable bonds is 4. The summed E-state index contributed by atoms with van der Waals surface area (Å²) in [5.74, 6) is 0. The van der Waals surface area contributed by atoms with Crippen molar-refractivity contribution in [2.24, 2.45) is 4.99 Å². The van der Waals surface area contributed by atoms with Crippen LogP contribution in [0.15, 0.2) is 29.3 Å². The van der Waals surface area contributed by atoms with Crippen molar-refractivity contribution in [1.82, 2.24) is 9.78 Å². The second-order valence-corrected chi connectivity index (χ2v) is 5.86. The number of hydrogen-bond donors (Lipinski definition) is 0. The van der Waals surface area contributed by atoms with Crippen LogP contribution >= 0.6 is 11.3 Å². The predicted molar refractivity (Wildman–Crippen MR) is 83.0 cm³/mol. The Morgan fingerprint density at radius 3 is 2.75 bits per heavy atom. The monoisotopic (exact) mass is 359 g/mol. The fourth-order valence-electron chi connectivity index (χ4n) is 1.82. The summed E-state index contributed by atoms with van der Waals surface area (Å²) >= 11 is 1.13. The van der Waals surface area contributed by atoms with Gasteiger partial charge in [0.2, 0.25) is 4.80 Å². The van der Waals surface area contributed by atoms with Crippen molar-refractivity contribution in [2.45, 2.75) is 32.9 Å². The van der Waals surface area contributed by atoms with Crippen LogP contribution in [0.4, 0.5) is 18.0 Å². The van der Waals surface area contributed by atoms with E-state index < -0.39 is 17.8 Å². The molecule has 0 bridgehead atoms. The minimum absolute atomic E-state index is 0.173. The molecule has 0 N–H and O–H groups in total. The molecule has 0 aliphatic rings. The van der Waals surface area contributed by atoms with Gasteiger partial charge in [0.05, 0.1) is 17.9 Å². The fourth-order valence-corrected chi connectivity index (χ4v) is 2.65. The first-order chi connectivity index (χ1) is 11.3. The number of halogens is 3. The van der Waals surface area contributed by atoms with Gasteiger partial charge >= 0.3 is 12.3 Å². The molecule has 1 amide bonds. The zero-order chi connectivity index (χ0) is 17.7. The molecule has 0 spiro atoms. The summed E-state index contributed by atoms with van der Waals surface area (Å²) in [6.07, 6.45) is -4.03. The highest BCUT2D eigenvalue weighted by Gasteiger charge is 2.30. The van der Waals surface area contributed by atoms with E-state index in [4.69, 9.17) is 4.74 Å². The molecule has 0 atom stereocenters. The van der Waals surface area contributed by atoms with Gasteiger partial charge in [-0.15, -0.1) is 4.99 Å². The number of aromatic nitrogens is 2. The van der Waals surface area contributed by atoms with Crippen LogP contribution in [0.1, 0.15) is 30.8 Å². The second kappa shape index (κ2) is 7.61. The molecule has 2 rings (SSSR count). The van der Waals surface area contributed by atoms with Crippen LogP contribution in [0.5, 0.6) is 0 Å². The molecular weight excluding hydrogens is 343 g/mol. The van der Waals surface area contributed by atoms with E-state index in [1.165, 1.54) is 16.8 Å². The highest BCUT2D eigenvalue weighted by molar-refractivity contribution is 7.08. The van der Waals surface area contributed by atoms with Gasteiger partial charge in [0, 0.05) is 0 Å². The molecule has 1 aromatic carbocycles. The lowest BCUT2D eigenvalue weighted by Crippen LogP contribution is -2.18. The normalized spacial score (nSPS) is 12.5. The maximum absolute atomic E-state index is 12.9. The first-order valence-electron chi connectivity index (χ1n) is 7.33. The summed E-state index contributed by atoms with van der Waals surface area (Å²) in [4.78, 5) is 15.7. The Labute approximate surface area is 140 Å². The summed E-state index contributed by atoms with van der Waals surface area (Å²) in [7, 11) is 0. The van der Waals surface area contributed by atoms with Gasteiger partial charge in [-0.05, 0) is 31.0 Å². The summed E-state index contributed by atoms with van der Waals surface area (Å²) in [5, 5.41) is 4.87. The van der Waals surface area contributed by atoms with Gasteiger partial charge in [-0.1, -0.05) is 31.3 Å². The molecule has 5 nitrogen and oxygen atoms in total. The number of benzene rings is 1. The number of alkyl halides is 3. The van der Waals surface area contributed by atoms with E-state index >= 15 is 0 Å². The molecule has 9 heteroatoms. The Morgan fingerprint density at radius 1 is 1.38 bits per heavy atom. The highest BCUT2D eigenvalue weighted by Crippen LogP contribution is 2.30. The highest BCUT2D eigenvalue weighted by atomic mass is 32.1. The zero-order valence-corrected chi connectivity index (χ0v) is 13.9. The molecule has 24 heavy (non-hydrogen) atoms. The van der Waals surface area contributed by atoms with Crippen LogP contribution in [0.3, 0.4) is 0 Å². The third-order valence-corrected chi connectivity index (χ3v) is 3.99. The molecule has 130 valence electrons. The standard InChI is InChI=1S/C15H16F3N3O2S/c1-3-8-23-14(22)19-13-21(20-12(4-2)24-13)11-7-5-6-10(9-11)15(16,17)18/h5-7,9H,3-4,8H2,1-2H3. The van der Waals surface area contributed by atoms with Gasteiger partial charge in [-0.3, -0.25) is 0 Å². The summed E-state index contributed by atoms with van der Waals surface area (Å²) in [6, 6.07) is 4.71. The third kappa shape index (κ3) is 4.44. The maximum atomic E-state index is 12.9. The topological polar surface area (TPSA) is 56.5 Å². The fraction of sp³-hybridized carbons (Fsp3) is 0.400. The van der Waals surface area contributed by atoms with E-state index in [0.717, 1.165) is 23.5 Å². The lowest BCUT2D eigenvalue weighted by molar-refractivity contribution is -0.137. The van der Waals surface area contributed by atoms with E-state index in [1.807, 2.05) is 13.8 Å². The van der Waals surface area contributed by atoms with Gasteiger partial charge in [0.25, 0.3) is 0 Å². The predicted octanol–water partition coefficient (Wildman–Crippen LogP) is 3.96. The first-order valence-corrected chi connectivity index (χ1v) is 8.15. The molecule has 0 radical (unpaired) electrons. The number of aryl methyl sites for hydroxylation is 1. The van der Waals surface area contributed by atoms with Crippen LogP contribution in [0.25, 0.3) is 5.69 Å². The molecule has 0 saturated carbocycles. The number of carbonyl (C=O) groups is 1. The number of carbonyl (C=O) groups excluding carboxylic acids is 1. The summed E-state index contributed by atoms with van der Waals surface area (Å²) in [6.45, 7) is 3.93. The number of nitrogens with zero attached hydrogens (tertiary/aromatic N) is 3. The van der Waals surface area contributed by atoms with Gasteiger partial charge in [0.15, 0.2) is 0 Å². The van der Waals surface area contributed by atoms with E-state index in [0.29, 0.717) is 17.8 Å². The minimum atomic E-state index is -4.46. The van der Waals surface area contributed by atoms with Crippen molar-refractivity contribution in [1.29, 1.82) is 0 Å². The van der Waals surface area contributed by atoms with Crippen LogP contribution in [0, 0.1) is 0 Å². The number of amides is 1. The second-order valence-electron chi connectivity index (χ2n) is 4.82.